The molecular formula is C36H37F3N6O3. The lowest BCUT2D eigenvalue weighted by Crippen LogP contribution is -2.46. The molecule has 2 aromatic carbocycles. The molecule has 0 radical (unpaired) electrons. The fraction of sp³-hybridized carbons (Fsp3) is 0.444. The molecule has 3 aliphatic rings. The zero-order valence-corrected chi connectivity index (χ0v) is 27.4. The van der Waals surface area contributed by atoms with E-state index in [1.54, 1.807) is 26.8 Å². The van der Waals surface area contributed by atoms with Crippen molar-refractivity contribution >= 4 is 39.3 Å². The Bertz CT molecular complexity index is 1990. The second-order valence-electron chi connectivity index (χ2n) is 14.0. The number of terminal acetylenes is 1. The molecule has 2 aromatic heterocycles. The van der Waals surface area contributed by atoms with Gasteiger partial charge in [-0.3, -0.25) is 10.2 Å². The first kappa shape index (κ1) is 31.9. The van der Waals surface area contributed by atoms with Crippen LogP contribution in [0.15, 0.2) is 30.5 Å². The highest BCUT2D eigenvalue weighted by molar-refractivity contribution is 6.05. The largest absolute Gasteiger partial charge is 0.461 e. The second-order valence-corrected chi connectivity index (χ2v) is 14.0. The predicted octanol–water partition coefficient (Wildman–Crippen LogP) is 7.01. The molecule has 0 saturated carbocycles. The zero-order chi connectivity index (χ0) is 34.0. The average Bonchev–Trinajstić information content (AvgIpc) is 3.55. The van der Waals surface area contributed by atoms with Crippen LogP contribution in [-0.4, -0.2) is 75.5 Å². The third-order valence-electron chi connectivity index (χ3n) is 9.58. The Labute approximate surface area is 276 Å². The summed E-state index contributed by atoms with van der Waals surface area (Å²) in [5, 5.41) is 3.81. The van der Waals surface area contributed by atoms with Gasteiger partial charge >= 0.3 is 12.1 Å². The number of halogens is 3. The summed E-state index contributed by atoms with van der Waals surface area (Å²) >= 11 is 0. The molecule has 12 heteroatoms. The quantitative estimate of drug-likeness (QED) is 0.222. The highest BCUT2D eigenvalue weighted by Crippen LogP contribution is 2.42. The number of anilines is 2. The third kappa shape index (κ3) is 5.64. The molecule has 3 aliphatic heterocycles. The van der Waals surface area contributed by atoms with Crippen molar-refractivity contribution in [2.45, 2.75) is 76.7 Å². The number of rotatable bonds is 6. The van der Waals surface area contributed by atoms with Gasteiger partial charge in [0.1, 0.15) is 41.2 Å². The van der Waals surface area contributed by atoms with E-state index in [4.69, 9.17) is 20.9 Å². The fourth-order valence-corrected chi connectivity index (χ4v) is 7.23. The van der Waals surface area contributed by atoms with E-state index in [2.05, 4.69) is 26.1 Å². The van der Waals surface area contributed by atoms with Crippen molar-refractivity contribution < 1.29 is 27.4 Å². The Morgan fingerprint density at radius 2 is 2.02 bits per heavy atom. The maximum Gasteiger partial charge on any atom is 0.412 e. The summed E-state index contributed by atoms with van der Waals surface area (Å²) in [4.78, 5) is 30.7. The number of carbonyl (C=O) groups excluding carboxylic acids is 1. The SMILES string of the molecule is C#Cc1c(F)ccc2cc(NC(=O)OC(C)(C)C)cc(-c3nc(N4CC[C@@H]4C)c4cnc(OCC56CCCN5C[C@H](F)C6)nc4c3F)c12. The van der Waals surface area contributed by atoms with Crippen LogP contribution < -0.4 is 15.0 Å². The number of carbonyl (C=O) groups is 1. The Morgan fingerprint density at radius 1 is 1.21 bits per heavy atom. The minimum atomic E-state index is -0.924. The Balaban J connectivity index is 1.38. The first-order valence-corrected chi connectivity index (χ1v) is 16.2. The number of hydrogen-bond donors (Lipinski definition) is 1. The van der Waals surface area contributed by atoms with Crippen LogP contribution in [0.3, 0.4) is 0 Å². The number of hydrogen-bond acceptors (Lipinski definition) is 8. The average molecular weight is 659 g/mol. The van der Waals surface area contributed by atoms with Crippen molar-refractivity contribution in [2.24, 2.45) is 0 Å². The minimum absolute atomic E-state index is 0.0352. The number of nitrogens with one attached hydrogen (secondary N) is 1. The Hall–Kier alpha value is -4.63. The van der Waals surface area contributed by atoms with Gasteiger partial charge in [0.15, 0.2) is 5.82 Å². The smallest absolute Gasteiger partial charge is 0.412 e. The van der Waals surface area contributed by atoms with E-state index < -0.39 is 35.0 Å². The number of benzene rings is 2. The van der Waals surface area contributed by atoms with Crippen LogP contribution in [0.25, 0.3) is 32.9 Å². The number of pyridine rings is 1. The van der Waals surface area contributed by atoms with Gasteiger partial charge in [-0.2, -0.15) is 4.98 Å². The van der Waals surface area contributed by atoms with E-state index in [0.29, 0.717) is 36.1 Å². The molecule has 4 aromatic rings. The monoisotopic (exact) mass is 658 g/mol. The van der Waals surface area contributed by atoms with Gasteiger partial charge in [-0.05, 0) is 77.1 Å². The number of fused-ring (bicyclic) bond motifs is 3. The van der Waals surface area contributed by atoms with Gasteiger partial charge in [0.2, 0.25) is 0 Å². The first-order valence-electron chi connectivity index (χ1n) is 16.2. The van der Waals surface area contributed by atoms with E-state index in [1.807, 2.05) is 11.8 Å². The van der Waals surface area contributed by atoms with E-state index in [9.17, 15) is 9.18 Å². The van der Waals surface area contributed by atoms with Gasteiger partial charge < -0.3 is 14.4 Å². The molecule has 48 heavy (non-hydrogen) atoms. The van der Waals surface area contributed by atoms with Crippen molar-refractivity contribution in [3.8, 4) is 29.6 Å². The molecular weight excluding hydrogens is 621 g/mol. The van der Waals surface area contributed by atoms with Gasteiger partial charge in [-0.25, -0.2) is 27.9 Å². The van der Waals surface area contributed by atoms with Crippen LogP contribution in [0.1, 0.15) is 58.9 Å². The summed E-state index contributed by atoms with van der Waals surface area (Å²) in [5.74, 6) is 1.43. The highest BCUT2D eigenvalue weighted by atomic mass is 19.1. The molecule has 9 nitrogen and oxygen atoms in total. The number of amides is 1. The molecule has 1 amide bonds. The van der Waals surface area contributed by atoms with E-state index in [0.717, 1.165) is 25.8 Å². The molecule has 3 fully saturated rings. The summed E-state index contributed by atoms with van der Waals surface area (Å²) in [5.41, 5.74) is -0.990. The highest BCUT2D eigenvalue weighted by Gasteiger charge is 2.49. The lowest BCUT2D eigenvalue weighted by atomic mass is 9.95. The second kappa shape index (κ2) is 11.8. The first-order chi connectivity index (χ1) is 22.9. The summed E-state index contributed by atoms with van der Waals surface area (Å²) in [6.45, 7) is 9.30. The predicted molar refractivity (Wildman–Crippen MR) is 178 cm³/mol. The van der Waals surface area contributed by atoms with Crippen molar-refractivity contribution in [3.63, 3.8) is 0 Å². The fourth-order valence-electron chi connectivity index (χ4n) is 7.23. The van der Waals surface area contributed by atoms with E-state index in [1.165, 1.54) is 24.4 Å². The van der Waals surface area contributed by atoms with Crippen molar-refractivity contribution in [1.82, 2.24) is 19.9 Å². The standard InChI is InChI=1S/C36H37F3N6O3/c1-6-24-27(38)9-8-21-14-23(41-34(46)48-35(3,4)5)15-25(28(21)24)30-29(39)31-26(32(42-30)45-13-10-20(45)2)17-40-33(43-31)47-19-36-11-7-12-44(36)18-22(37)16-36/h1,8-9,14-15,17,20,22H,7,10-13,16,18-19H2,2-5H3,(H,41,46)/t20-,22+,36?/m0/s1. The van der Waals surface area contributed by atoms with Crippen molar-refractivity contribution in [1.29, 1.82) is 0 Å². The molecule has 7 rings (SSSR count). The van der Waals surface area contributed by atoms with Crippen molar-refractivity contribution in [2.75, 3.05) is 36.5 Å². The molecule has 1 N–H and O–H groups in total. The number of nitrogens with zero attached hydrogens (tertiary/aromatic N) is 5. The lowest BCUT2D eigenvalue weighted by Gasteiger charge is -2.40. The normalized spacial score (nSPS) is 22.4. The summed E-state index contributed by atoms with van der Waals surface area (Å²) < 4.78 is 58.0. The molecule has 3 saturated heterocycles. The summed E-state index contributed by atoms with van der Waals surface area (Å²) in [6.07, 6.45) is 8.68. The van der Waals surface area contributed by atoms with Crippen LogP contribution >= 0.6 is 0 Å². The van der Waals surface area contributed by atoms with Crippen LogP contribution in [0.5, 0.6) is 6.01 Å². The van der Waals surface area contributed by atoms with Gasteiger partial charge in [0, 0.05) is 48.4 Å². The van der Waals surface area contributed by atoms with Gasteiger partial charge in [-0.15, -0.1) is 6.42 Å². The molecule has 250 valence electrons. The number of aromatic nitrogens is 3. The zero-order valence-electron chi connectivity index (χ0n) is 27.4. The molecule has 3 atom stereocenters. The minimum Gasteiger partial charge on any atom is -0.461 e. The van der Waals surface area contributed by atoms with Gasteiger partial charge in [0.05, 0.1) is 16.5 Å². The van der Waals surface area contributed by atoms with Gasteiger partial charge in [-0.1, -0.05) is 12.0 Å². The maximum absolute atomic E-state index is 16.9. The van der Waals surface area contributed by atoms with E-state index in [-0.39, 0.29) is 52.1 Å². The van der Waals surface area contributed by atoms with Crippen LogP contribution in [0.2, 0.25) is 0 Å². The molecule has 0 aliphatic carbocycles. The molecule has 1 unspecified atom stereocenters. The molecule has 5 heterocycles. The van der Waals surface area contributed by atoms with Gasteiger partial charge in [0.25, 0.3) is 0 Å². The summed E-state index contributed by atoms with van der Waals surface area (Å²) in [7, 11) is 0. The van der Waals surface area contributed by atoms with Crippen LogP contribution in [0, 0.1) is 24.0 Å². The maximum atomic E-state index is 16.9. The Kier molecular flexibility index (Phi) is 7.86. The molecule has 0 spiro atoms. The molecule has 0 bridgehead atoms. The lowest BCUT2D eigenvalue weighted by molar-refractivity contribution is 0.0636. The van der Waals surface area contributed by atoms with Crippen LogP contribution in [0.4, 0.5) is 29.5 Å². The van der Waals surface area contributed by atoms with E-state index >= 15 is 8.78 Å². The van der Waals surface area contributed by atoms with Crippen LogP contribution in [-0.2, 0) is 4.74 Å². The third-order valence-corrected chi connectivity index (χ3v) is 9.58. The topological polar surface area (TPSA) is 92.7 Å². The Morgan fingerprint density at radius 3 is 2.73 bits per heavy atom. The van der Waals surface area contributed by atoms with Crippen molar-refractivity contribution in [3.05, 3.63) is 47.7 Å². The number of alkyl halides is 1. The number of ether oxygens (including phenoxy) is 2. The summed E-state index contributed by atoms with van der Waals surface area (Å²) in [6, 6.07) is 5.95.